The van der Waals surface area contributed by atoms with Crippen molar-refractivity contribution in [3.8, 4) is 0 Å². The fourth-order valence-corrected chi connectivity index (χ4v) is 1.80. The first-order chi connectivity index (χ1) is 7.38. The van der Waals surface area contributed by atoms with Crippen LogP contribution in [0.2, 0.25) is 0 Å². The monoisotopic (exact) mass is 238 g/mol. The van der Waals surface area contributed by atoms with E-state index in [-0.39, 0.29) is 6.04 Å². The lowest BCUT2D eigenvalue weighted by molar-refractivity contribution is -0.144. The highest BCUT2D eigenvalue weighted by Gasteiger charge is 2.29. The van der Waals surface area contributed by atoms with E-state index in [2.05, 4.69) is 10.6 Å². The van der Waals surface area contributed by atoms with Gasteiger partial charge in [-0.1, -0.05) is 0 Å². The molecule has 2 atom stereocenters. The molecule has 0 aromatic rings. The van der Waals surface area contributed by atoms with Crippen LogP contribution in [0.1, 0.15) is 26.2 Å². The second kappa shape index (κ2) is 5.52. The van der Waals surface area contributed by atoms with Gasteiger partial charge in [0.1, 0.15) is 0 Å². The first kappa shape index (κ1) is 13.3. The number of nitrogens with one attached hydrogen (secondary N) is 2. The van der Waals surface area contributed by atoms with Crippen LogP contribution < -0.4 is 10.6 Å². The SMILES string of the molecule is CC(NC(=O)CCC(F)(F)F)C1CCNC1. The number of alkyl halides is 3. The topological polar surface area (TPSA) is 41.1 Å². The lowest BCUT2D eigenvalue weighted by atomic mass is 10.0. The van der Waals surface area contributed by atoms with Gasteiger partial charge in [0.15, 0.2) is 0 Å². The normalized spacial score (nSPS) is 23.1. The highest BCUT2D eigenvalue weighted by Crippen LogP contribution is 2.21. The number of rotatable bonds is 4. The van der Waals surface area contributed by atoms with E-state index < -0.39 is 24.9 Å². The summed E-state index contributed by atoms with van der Waals surface area (Å²) in [6.45, 7) is 3.57. The van der Waals surface area contributed by atoms with Crippen molar-refractivity contribution in [3.63, 3.8) is 0 Å². The van der Waals surface area contributed by atoms with Gasteiger partial charge in [0.2, 0.25) is 5.91 Å². The zero-order valence-electron chi connectivity index (χ0n) is 9.23. The summed E-state index contributed by atoms with van der Waals surface area (Å²) in [4.78, 5) is 11.2. The Balaban J connectivity index is 2.22. The molecule has 0 spiro atoms. The van der Waals surface area contributed by atoms with Gasteiger partial charge in [-0.2, -0.15) is 13.2 Å². The van der Waals surface area contributed by atoms with Crippen LogP contribution in [0.15, 0.2) is 0 Å². The second-order valence-electron chi connectivity index (χ2n) is 4.22. The first-order valence-electron chi connectivity index (χ1n) is 5.45. The Kier molecular flexibility index (Phi) is 4.58. The van der Waals surface area contributed by atoms with E-state index >= 15 is 0 Å². The molecule has 1 saturated heterocycles. The zero-order valence-corrected chi connectivity index (χ0v) is 9.23. The van der Waals surface area contributed by atoms with E-state index in [1.54, 1.807) is 0 Å². The Hall–Kier alpha value is -0.780. The van der Waals surface area contributed by atoms with Crippen molar-refractivity contribution >= 4 is 5.91 Å². The molecular weight excluding hydrogens is 221 g/mol. The molecule has 0 aromatic carbocycles. The maximum atomic E-state index is 11.9. The van der Waals surface area contributed by atoms with Crippen LogP contribution in [-0.4, -0.2) is 31.2 Å². The van der Waals surface area contributed by atoms with E-state index in [0.717, 1.165) is 19.5 Å². The minimum absolute atomic E-state index is 0.0595. The van der Waals surface area contributed by atoms with Crippen molar-refractivity contribution in [2.24, 2.45) is 5.92 Å². The molecular formula is C10H17F3N2O. The minimum Gasteiger partial charge on any atom is -0.353 e. The van der Waals surface area contributed by atoms with Crippen LogP contribution in [-0.2, 0) is 4.79 Å². The summed E-state index contributed by atoms with van der Waals surface area (Å²) in [5.41, 5.74) is 0. The van der Waals surface area contributed by atoms with E-state index in [1.165, 1.54) is 0 Å². The van der Waals surface area contributed by atoms with E-state index in [0.29, 0.717) is 5.92 Å². The predicted octanol–water partition coefficient (Wildman–Crippen LogP) is 1.44. The number of carbonyl (C=O) groups excluding carboxylic acids is 1. The molecule has 3 nitrogen and oxygen atoms in total. The van der Waals surface area contributed by atoms with E-state index in [9.17, 15) is 18.0 Å². The molecule has 1 aliphatic rings. The standard InChI is InChI=1S/C10H17F3N2O/c1-7(8-3-5-14-6-8)15-9(16)2-4-10(11,12)13/h7-8,14H,2-6H2,1H3,(H,15,16). The molecule has 2 unspecified atom stereocenters. The molecule has 1 heterocycles. The van der Waals surface area contributed by atoms with Crippen molar-refractivity contribution in [3.05, 3.63) is 0 Å². The van der Waals surface area contributed by atoms with Gasteiger partial charge >= 0.3 is 6.18 Å². The second-order valence-corrected chi connectivity index (χ2v) is 4.22. The quantitative estimate of drug-likeness (QED) is 0.778. The summed E-state index contributed by atoms with van der Waals surface area (Å²) in [5.74, 6) is -0.188. The Morgan fingerprint density at radius 2 is 2.25 bits per heavy atom. The van der Waals surface area contributed by atoms with Gasteiger partial charge in [-0.25, -0.2) is 0 Å². The Morgan fingerprint density at radius 1 is 1.56 bits per heavy atom. The molecule has 0 saturated carbocycles. The van der Waals surface area contributed by atoms with Crippen molar-refractivity contribution in [1.82, 2.24) is 10.6 Å². The third kappa shape index (κ3) is 4.83. The molecule has 0 aromatic heterocycles. The molecule has 0 bridgehead atoms. The molecule has 1 amide bonds. The van der Waals surface area contributed by atoms with Crippen molar-refractivity contribution in [2.45, 2.75) is 38.4 Å². The van der Waals surface area contributed by atoms with Gasteiger partial charge in [0.25, 0.3) is 0 Å². The third-order valence-electron chi connectivity index (χ3n) is 2.83. The Morgan fingerprint density at radius 3 is 2.75 bits per heavy atom. The highest BCUT2D eigenvalue weighted by atomic mass is 19.4. The molecule has 0 aliphatic carbocycles. The molecule has 16 heavy (non-hydrogen) atoms. The van der Waals surface area contributed by atoms with Gasteiger partial charge in [-0.05, 0) is 32.4 Å². The Labute approximate surface area is 92.8 Å². The molecule has 1 rings (SSSR count). The summed E-state index contributed by atoms with van der Waals surface area (Å²) in [5, 5.41) is 5.77. The van der Waals surface area contributed by atoms with Crippen LogP contribution in [0.5, 0.6) is 0 Å². The van der Waals surface area contributed by atoms with Crippen LogP contribution in [0.4, 0.5) is 13.2 Å². The van der Waals surface area contributed by atoms with Crippen molar-refractivity contribution in [2.75, 3.05) is 13.1 Å². The smallest absolute Gasteiger partial charge is 0.353 e. The Bertz CT molecular complexity index is 237. The first-order valence-corrected chi connectivity index (χ1v) is 5.45. The van der Waals surface area contributed by atoms with E-state index in [1.807, 2.05) is 6.92 Å². The summed E-state index contributed by atoms with van der Waals surface area (Å²) < 4.78 is 35.6. The van der Waals surface area contributed by atoms with Gasteiger partial charge in [0.05, 0.1) is 6.42 Å². The number of hydrogen-bond acceptors (Lipinski definition) is 2. The number of hydrogen-bond donors (Lipinski definition) is 2. The molecule has 0 radical (unpaired) electrons. The lowest BCUT2D eigenvalue weighted by Gasteiger charge is -2.19. The fraction of sp³-hybridized carbons (Fsp3) is 0.900. The summed E-state index contributed by atoms with van der Waals surface area (Å²) in [6.07, 6.45) is -4.82. The predicted molar refractivity (Wildman–Crippen MR) is 53.9 cm³/mol. The number of halogens is 3. The number of carbonyl (C=O) groups is 1. The average molecular weight is 238 g/mol. The van der Waals surface area contributed by atoms with Crippen molar-refractivity contribution < 1.29 is 18.0 Å². The fourth-order valence-electron chi connectivity index (χ4n) is 1.80. The van der Waals surface area contributed by atoms with Gasteiger partial charge < -0.3 is 10.6 Å². The van der Waals surface area contributed by atoms with E-state index in [4.69, 9.17) is 0 Å². The third-order valence-corrected chi connectivity index (χ3v) is 2.83. The van der Waals surface area contributed by atoms with Gasteiger partial charge in [-0.15, -0.1) is 0 Å². The average Bonchev–Trinajstić information content (AvgIpc) is 2.66. The maximum absolute atomic E-state index is 11.9. The molecule has 94 valence electrons. The summed E-state index contributed by atoms with van der Waals surface area (Å²) in [6, 6.07) is -0.0595. The van der Waals surface area contributed by atoms with Crippen LogP contribution in [0.3, 0.4) is 0 Å². The van der Waals surface area contributed by atoms with Gasteiger partial charge in [0, 0.05) is 12.5 Å². The number of amides is 1. The van der Waals surface area contributed by atoms with Crippen LogP contribution in [0, 0.1) is 5.92 Å². The largest absolute Gasteiger partial charge is 0.389 e. The summed E-state index contributed by atoms with van der Waals surface area (Å²) in [7, 11) is 0. The zero-order chi connectivity index (χ0) is 12.2. The molecule has 1 fully saturated rings. The summed E-state index contributed by atoms with van der Waals surface area (Å²) >= 11 is 0. The molecule has 2 N–H and O–H groups in total. The van der Waals surface area contributed by atoms with Crippen molar-refractivity contribution in [1.29, 1.82) is 0 Å². The highest BCUT2D eigenvalue weighted by molar-refractivity contribution is 5.76. The molecule has 1 aliphatic heterocycles. The van der Waals surface area contributed by atoms with Crippen LogP contribution >= 0.6 is 0 Å². The van der Waals surface area contributed by atoms with Crippen LogP contribution in [0.25, 0.3) is 0 Å². The minimum atomic E-state index is -4.25. The maximum Gasteiger partial charge on any atom is 0.389 e. The molecule has 6 heteroatoms. The van der Waals surface area contributed by atoms with Gasteiger partial charge in [-0.3, -0.25) is 4.79 Å². The lowest BCUT2D eigenvalue weighted by Crippen LogP contribution is -2.39.